The van der Waals surface area contributed by atoms with Gasteiger partial charge in [0.15, 0.2) is 5.88 Å². The summed E-state index contributed by atoms with van der Waals surface area (Å²) in [7, 11) is 0. The van der Waals surface area contributed by atoms with Crippen LogP contribution < -0.4 is 10.0 Å². The summed E-state index contributed by atoms with van der Waals surface area (Å²) in [5.74, 6) is 0.275. The highest BCUT2D eigenvalue weighted by molar-refractivity contribution is 8.03. The van der Waals surface area contributed by atoms with Gasteiger partial charge >= 0.3 is 0 Å². The summed E-state index contributed by atoms with van der Waals surface area (Å²) in [4.78, 5) is 13.5. The summed E-state index contributed by atoms with van der Waals surface area (Å²) in [6.45, 7) is 3.56. The van der Waals surface area contributed by atoms with E-state index in [4.69, 9.17) is 8.83 Å². The molecule has 0 atom stereocenters. The number of anilines is 1. The Morgan fingerprint density at radius 1 is 1.21 bits per heavy atom. The third-order valence-electron chi connectivity index (χ3n) is 3.71. The molecule has 128 valence electrons. The molecule has 0 radical (unpaired) electrons. The fourth-order valence-electron chi connectivity index (χ4n) is 2.55. The van der Waals surface area contributed by atoms with Gasteiger partial charge in [-0.1, -0.05) is 12.8 Å². The average molecular weight is 348 g/mol. The van der Waals surface area contributed by atoms with E-state index in [1.807, 2.05) is 6.07 Å². The van der Waals surface area contributed by atoms with Crippen molar-refractivity contribution >= 4 is 29.7 Å². The molecule has 2 aromatic rings. The first-order chi connectivity index (χ1) is 11.6. The Balaban J connectivity index is 1.76. The predicted octanol–water partition coefficient (Wildman–Crippen LogP) is 2.23. The van der Waals surface area contributed by atoms with E-state index >= 15 is 0 Å². The highest BCUT2D eigenvalue weighted by Gasteiger charge is 2.14. The van der Waals surface area contributed by atoms with Crippen LogP contribution in [0.2, 0.25) is 0 Å². The quantitative estimate of drug-likeness (QED) is 0.599. The molecule has 1 aliphatic rings. The van der Waals surface area contributed by atoms with Crippen molar-refractivity contribution in [2.24, 2.45) is 0 Å². The number of carbonyl (C=O) groups excluding carboxylic acids is 1. The van der Waals surface area contributed by atoms with E-state index in [0.717, 1.165) is 43.6 Å². The lowest BCUT2D eigenvalue weighted by molar-refractivity contribution is -0.298. The van der Waals surface area contributed by atoms with Crippen molar-refractivity contribution < 1.29 is 18.7 Å². The molecule has 1 saturated heterocycles. The lowest BCUT2D eigenvalue weighted by atomic mass is 10.2. The molecule has 0 amide bonds. The highest BCUT2D eigenvalue weighted by atomic mass is 32.2. The van der Waals surface area contributed by atoms with Gasteiger partial charge in [-0.3, -0.25) is 0 Å². The molecule has 0 unspecified atom stereocenters. The number of carboxylic acids is 1. The van der Waals surface area contributed by atoms with E-state index in [1.165, 1.54) is 18.9 Å². The number of aromatic nitrogens is 2. The van der Waals surface area contributed by atoms with Gasteiger partial charge in [0.2, 0.25) is 5.89 Å². The summed E-state index contributed by atoms with van der Waals surface area (Å²) in [6, 6.07) is 3.62. The van der Waals surface area contributed by atoms with Crippen molar-refractivity contribution in [3.63, 3.8) is 0 Å². The van der Waals surface area contributed by atoms with Crippen LogP contribution in [0.3, 0.4) is 0 Å². The molecule has 0 aliphatic carbocycles. The maximum Gasteiger partial charge on any atom is 0.281 e. The number of thioether (sulfide) groups is 1. The molecule has 2 aromatic heterocycles. The van der Waals surface area contributed by atoms with Gasteiger partial charge in [0, 0.05) is 31.0 Å². The highest BCUT2D eigenvalue weighted by Crippen LogP contribution is 2.29. The maximum absolute atomic E-state index is 11.3. The van der Waals surface area contributed by atoms with Gasteiger partial charge in [-0.15, -0.1) is 10.2 Å². The second kappa shape index (κ2) is 7.57. The minimum absolute atomic E-state index is 0.0459. The fraction of sp³-hybridized carbons (Fsp3) is 0.438. The number of aliphatic carboxylic acids is 1. The first-order valence-electron chi connectivity index (χ1n) is 7.87. The van der Waals surface area contributed by atoms with Gasteiger partial charge in [-0.25, -0.2) is 0 Å². The molecule has 0 spiro atoms. The van der Waals surface area contributed by atoms with E-state index in [9.17, 15) is 9.90 Å². The van der Waals surface area contributed by atoms with Gasteiger partial charge in [0.1, 0.15) is 5.76 Å². The Morgan fingerprint density at radius 3 is 2.58 bits per heavy atom. The molecule has 24 heavy (non-hydrogen) atoms. The number of aryl methyl sites for hydroxylation is 1. The average Bonchev–Trinajstić information content (AvgIpc) is 3.08. The lowest BCUT2D eigenvalue weighted by Crippen LogP contribution is -2.23. The van der Waals surface area contributed by atoms with Crippen LogP contribution >= 0.6 is 11.8 Å². The van der Waals surface area contributed by atoms with Gasteiger partial charge < -0.3 is 23.6 Å². The molecule has 0 bridgehead atoms. The topological polar surface area (TPSA) is 95.4 Å². The Kier molecular flexibility index (Phi) is 5.24. The van der Waals surface area contributed by atoms with E-state index in [1.54, 1.807) is 13.0 Å². The van der Waals surface area contributed by atoms with Crippen molar-refractivity contribution in [1.29, 1.82) is 0 Å². The maximum atomic E-state index is 11.3. The van der Waals surface area contributed by atoms with Crippen LogP contribution in [0.25, 0.3) is 6.08 Å². The molecule has 1 aliphatic heterocycles. The normalized spacial score (nSPS) is 16.2. The van der Waals surface area contributed by atoms with Crippen LogP contribution in [-0.4, -0.2) is 29.3 Å². The third-order valence-corrected chi connectivity index (χ3v) is 4.55. The number of carboxylic acid groups (broad SMARTS) is 1. The Labute approximate surface area is 143 Å². The first kappa shape index (κ1) is 16.6. The summed E-state index contributed by atoms with van der Waals surface area (Å²) in [5, 5.41) is 18.9. The molecule has 3 rings (SSSR count). The number of rotatable bonds is 5. The standard InChI is InChI=1S/C16H19N3O4S/c1-11-17-18-16(22-11)24-13(15(20)21)10-12-6-7-14(23-12)19-8-4-2-3-5-9-19/h6-7,10H,2-5,8-9H2,1H3,(H,20,21)/p-1/b13-10+. The molecule has 3 heterocycles. The molecular weight excluding hydrogens is 330 g/mol. The number of hydrogen-bond acceptors (Lipinski definition) is 8. The van der Waals surface area contributed by atoms with Crippen LogP contribution in [0.4, 0.5) is 5.88 Å². The fourth-order valence-corrected chi connectivity index (χ4v) is 3.24. The van der Waals surface area contributed by atoms with Gasteiger partial charge in [0.25, 0.3) is 5.22 Å². The largest absolute Gasteiger partial charge is 0.544 e. The number of carbonyl (C=O) groups is 1. The van der Waals surface area contributed by atoms with E-state index in [0.29, 0.717) is 11.7 Å². The first-order valence-corrected chi connectivity index (χ1v) is 8.69. The van der Waals surface area contributed by atoms with Gasteiger partial charge in [-0.2, -0.15) is 0 Å². The van der Waals surface area contributed by atoms with Gasteiger partial charge in [0.05, 0.1) is 5.97 Å². The van der Waals surface area contributed by atoms with Crippen LogP contribution in [0, 0.1) is 6.92 Å². The number of nitrogens with zero attached hydrogens (tertiary/aromatic N) is 3. The molecule has 0 N–H and O–H groups in total. The summed E-state index contributed by atoms with van der Waals surface area (Å²) < 4.78 is 11.0. The zero-order valence-corrected chi connectivity index (χ0v) is 14.2. The molecule has 1 fully saturated rings. The summed E-state index contributed by atoms with van der Waals surface area (Å²) >= 11 is 0.846. The molecule has 0 aromatic carbocycles. The van der Waals surface area contributed by atoms with Crippen molar-refractivity contribution in [2.45, 2.75) is 37.8 Å². The van der Waals surface area contributed by atoms with Crippen LogP contribution in [0.1, 0.15) is 37.3 Å². The molecule has 7 nitrogen and oxygen atoms in total. The van der Waals surface area contributed by atoms with Crippen molar-refractivity contribution in [1.82, 2.24) is 10.2 Å². The van der Waals surface area contributed by atoms with Crippen molar-refractivity contribution in [3.05, 3.63) is 28.7 Å². The lowest BCUT2D eigenvalue weighted by Gasteiger charge is -2.18. The van der Waals surface area contributed by atoms with E-state index < -0.39 is 5.97 Å². The summed E-state index contributed by atoms with van der Waals surface area (Å²) in [5.41, 5.74) is 0. The summed E-state index contributed by atoms with van der Waals surface area (Å²) in [6.07, 6.45) is 6.17. The Bertz CT molecular complexity index is 729. The van der Waals surface area contributed by atoms with E-state index in [2.05, 4.69) is 15.1 Å². The minimum Gasteiger partial charge on any atom is -0.544 e. The second-order valence-corrected chi connectivity index (χ2v) is 6.56. The monoisotopic (exact) mass is 348 g/mol. The van der Waals surface area contributed by atoms with Crippen LogP contribution in [-0.2, 0) is 4.79 Å². The smallest absolute Gasteiger partial charge is 0.281 e. The Hall–Kier alpha value is -2.22. The second-order valence-electron chi connectivity index (χ2n) is 5.56. The van der Waals surface area contributed by atoms with Crippen LogP contribution in [0.5, 0.6) is 0 Å². The van der Waals surface area contributed by atoms with E-state index in [-0.39, 0.29) is 10.1 Å². The van der Waals surface area contributed by atoms with Gasteiger partial charge in [-0.05, 0) is 36.7 Å². The zero-order chi connectivity index (χ0) is 16.9. The third kappa shape index (κ3) is 4.19. The SMILES string of the molecule is Cc1nnc(S/C(=C/c2ccc(N3CCCCCC3)o2)C(=O)[O-])o1. The number of hydrogen-bond donors (Lipinski definition) is 0. The molecule has 0 saturated carbocycles. The molecular formula is C16H18N3O4S-. The zero-order valence-electron chi connectivity index (χ0n) is 13.4. The predicted molar refractivity (Wildman–Crippen MR) is 87.3 cm³/mol. The minimum atomic E-state index is -1.32. The van der Waals surface area contributed by atoms with Crippen LogP contribution in [0.15, 0.2) is 31.1 Å². The Morgan fingerprint density at radius 2 is 1.96 bits per heavy atom. The molecule has 8 heteroatoms. The van der Waals surface area contributed by atoms with Crippen molar-refractivity contribution in [3.8, 4) is 0 Å². The van der Waals surface area contributed by atoms with Crippen molar-refractivity contribution in [2.75, 3.05) is 18.0 Å². The number of furan rings is 1.